The van der Waals surface area contributed by atoms with Gasteiger partial charge in [-0.3, -0.25) is 0 Å². The van der Waals surface area contributed by atoms with Crippen molar-refractivity contribution >= 4 is 74.8 Å². The van der Waals surface area contributed by atoms with Crippen LogP contribution in [0, 0.1) is 0 Å². The molecule has 0 amide bonds. The zero-order valence-electron chi connectivity index (χ0n) is 5.19. The van der Waals surface area contributed by atoms with E-state index in [0.717, 1.165) is 0 Å². The van der Waals surface area contributed by atoms with Crippen molar-refractivity contribution in [3.05, 3.63) is 0 Å². The summed E-state index contributed by atoms with van der Waals surface area (Å²) in [6.45, 7) is 0. The molecule has 0 saturated heterocycles. The largest absolute Gasteiger partial charge is 0 e. The van der Waals surface area contributed by atoms with Crippen molar-refractivity contribution in [2.24, 2.45) is 0 Å². The Morgan fingerprint density at radius 1 is 0.643 bits per heavy atom. The molecule has 1 radical (unpaired) electrons. The van der Waals surface area contributed by atoms with E-state index >= 15 is 0 Å². The quantitative estimate of drug-likeness (QED) is 0.197. The summed E-state index contributed by atoms with van der Waals surface area (Å²) in [7, 11) is -9.28. The fraction of sp³-hybridized carbons (Fsp3) is 0. The average molecular weight is 351 g/mol. The molecule has 0 fully saturated rings. The van der Waals surface area contributed by atoms with Crippen LogP contribution in [0.3, 0.4) is 0 Å². The molecule has 0 aromatic rings. The summed E-state index contributed by atoms with van der Waals surface area (Å²) in [5.74, 6) is 0. The number of phosphoric acid groups is 2. The first-order valence-electron chi connectivity index (χ1n) is 1.57. The summed E-state index contributed by atoms with van der Waals surface area (Å²) in [4.78, 5) is 43.1. The van der Waals surface area contributed by atoms with E-state index in [1.165, 1.54) is 0 Å². The van der Waals surface area contributed by atoms with Crippen LogP contribution in [0.4, 0.5) is 0 Å². The van der Waals surface area contributed by atoms with Gasteiger partial charge in [0.15, 0.2) is 0 Å². The van der Waals surface area contributed by atoms with E-state index in [0.29, 0.717) is 0 Å². The monoisotopic (exact) mass is 351 g/mol. The van der Waals surface area contributed by atoms with E-state index < -0.39 is 15.6 Å². The molecular formula is H8FeNa2O8P2V. The van der Waals surface area contributed by atoms with Gasteiger partial charge in [0.2, 0.25) is 0 Å². The number of rotatable bonds is 0. The van der Waals surface area contributed by atoms with Crippen molar-refractivity contribution in [2.45, 2.75) is 0 Å². The van der Waals surface area contributed by atoms with Crippen LogP contribution >= 0.6 is 15.6 Å². The summed E-state index contributed by atoms with van der Waals surface area (Å²) < 4.78 is 17.8. The smallest absolute Gasteiger partial charge is 0 e. The molecule has 0 unspecified atom stereocenters. The van der Waals surface area contributed by atoms with Gasteiger partial charge in [-0.2, -0.15) is 0 Å². The van der Waals surface area contributed by atoms with Crippen LogP contribution in [0.1, 0.15) is 0 Å². The maximum absolute atomic E-state index is 8.88. The molecule has 81 valence electrons. The second-order valence-electron chi connectivity index (χ2n) is 1.03. The van der Waals surface area contributed by atoms with Gasteiger partial charge < -0.3 is 29.4 Å². The number of hydrogen-bond donors (Lipinski definition) is 6. The molecular weight excluding hydrogens is 343 g/mol. The molecule has 0 bridgehead atoms. The van der Waals surface area contributed by atoms with Crippen molar-refractivity contribution in [1.82, 2.24) is 0 Å². The van der Waals surface area contributed by atoms with Crippen LogP contribution in [0.15, 0.2) is 0 Å². The van der Waals surface area contributed by atoms with E-state index in [1.54, 1.807) is 0 Å². The van der Waals surface area contributed by atoms with E-state index in [4.69, 9.17) is 38.5 Å². The Bertz CT molecular complexity index is 138. The zero-order valence-corrected chi connectivity index (χ0v) is 9.48. The van der Waals surface area contributed by atoms with Gasteiger partial charge >= 0.3 is 74.8 Å². The Hall–Kier alpha value is 3.32. The maximum Gasteiger partial charge on any atom is 0 e. The van der Waals surface area contributed by atoms with Crippen molar-refractivity contribution in [3.8, 4) is 0 Å². The van der Waals surface area contributed by atoms with Gasteiger partial charge in [-0.05, 0) is 0 Å². The van der Waals surface area contributed by atoms with Gasteiger partial charge in [-0.1, -0.05) is 0 Å². The topological polar surface area (TPSA) is 156 Å². The maximum atomic E-state index is 8.88. The standard InChI is InChI=1S/Fe.2Na.2H3O4P.V.2H/c;;;2*1-5(2,3)4;;;/h;;;2*(H3,1,2,3,4);;;. The molecule has 0 aromatic carbocycles. The van der Waals surface area contributed by atoms with Crippen molar-refractivity contribution in [2.75, 3.05) is 0 Å². The molecule has 0 aromatic heterocycles. The van der Waals surface area contributed by atoms with Gasteiger partial charge in [0.25, 0.3) is 0 Å². The average Bonchev–Trinajstić information content (AvgIpc) is 1.12. The fourth-order valence-electron chi connectivity index (χ4n) is 0. The Balaban J connectivity index is -0.0000000178. The number of hydrogen-bond acceptors (Lipinski definition) is 2. The molecule has 0 aliphatic carbocycles. The van der Waals surface area contributed by atoms with E-state index in [9.17, 15) is 0 Å². The molecule has 0 spiro atoms. The predicted molar refractivity (Wildman–Crippen MR) is 42.8 cm³/mol. The summed E-state index contributed by atoms with van der Waals surface area (Å²) in [6, 6.07) is 0. The first-order chi connectivity index (χ1) is 4.00. The van der Waals surface area contributed by atoms with Gasteiger partial charge in [0, 0.05) is 35.6 Å². The van der Waals surface area contributed by atoms with Gasteiger partial charge in [-0.15, -0.1) is 0 Å². The molecule has 0 rings (SSSR count). The van der Waals surface area contributed by atoms with Crippen LogP contribution in [-0.4, -0.2) is 88.5 Å². The van der Waals surface area contributed by atoms with E-state index in [1.807, 2.05) is 0 Å². The molecule has 6 N–H and O–H groups in total. The molecule has 0 saturated carbocycles. The second-order valence-corrected chi connectivity index (χ2v) is 3.08. The molecule has 0 atom stereocenters. The van der Waals surface area contributed by atoms with E-state index in [-0.39, 0.29) is 94.7 Å². The minimum atomic E-state index is -4.64. The Kier molecular flexibility index (Phi) is 42.0. The van der Waals surface area contributed by atoms with Gasteiger partial charge in [0.1, 0.15) is 0 Å². The second kappa shape index (κ2) is 16.3. The minimum Gasteiger partial charge on any atom is 0 e. The van der Waals surface area contributed by atoms with E-state index in [2.05, 4.69) is 0 Å². The van der Waals surface area contributed by atoms with Crippen molar-refractivity contribution in [3.63, 3.8) is 0 Å². The Morgan fingerprint density at radius 2 is 0.643 bits per heavy atom. The predicted octanol–water partition coefficient (Wildman–Crippen LogP) is -3.16. The zero-order chi connectivity index (χ0) is 9.00. The van der Waals surface area contributed by atoms with Crippen LogP contribution in [0.5, 0.6) is 0 Å². The molecule has 0 aliphatic heterocycles. The first kappa shape index (κ1) is 36.0. The Labute approximate surface area is 147 Å². The third-order valence-electron chi connectivity index (χ3n) is 0. The molecule has 0 aliphatic rings. The van der Waals surface area contributed by atoms with Crippen LogP contribution in [0.25, 0.3) is 0 Å². The van der Waals surface area contributed by atoms with Gasteiger partial charge in [-0.25, -0.2) is 9.13 Å². The van der Waals surface area contributed by atoms with Crippen molar-refractivity contribution in [1.29, 1.82) is 0 Å². The summed E-state index contributed by atoms with van der Waals surface area (Å²) in [5.41, 5.74) is 0. The third kappa shape index (κ3) is 285. The minimum absolute atomic E-state index is 0. The van der Waals surface area contributed by atoms with Gasteiger partial charge in [0.05, 0.1) is 0 Å². The Morgan fingerprint density at radius 3 is 0.643 bits per heavy atom. The van der Waals surface area contributed by atoms with Crippen LogP contribution in [0.2, 0.25) is 0 Å². The molecule has 8 nitrogen and oxygen atoms in total. The summed E-state index contributed by atoms with van der Waals surface area (Å²) in [5, 5.41) is 0. The normalized spacial score (nSPS) is 8.43. The summed E-state index contributed by atoms with van der Waals surface area (Å²) >= 11 is 0. The molecule has 14 heavy (non-hydrogen) atoms. The SMILES string of the molecule is O=P(O)(O)O.O=P(O)(O)O.[Fe].[NaH].[NaH].[V]. The fourth-order valence-corrected chi connectivity index (χ4v) is 0. The van der Waals surface area contributed by atoms with Crippen LogP contribution in [-0.2, 0) is 44.8 Å². The molecule has 0 heterocycles. The third-order valence-corrected chi connectivity index (χ3v) is 0. The molecule has 14 heteroatoms. The van der Waals surface area contributed by atoms with Crippen molar-refractivity contribution < 1.29 is 74.1 Å². The first-order valence-corrected chi connectivity index (χ1v) is 4.70. The van der Waals surface area contributed by atoms with Crippen LogP contribution < -0.4 is 0 Å². The summed E-state index contributed by atoms with van der Waals surface area (Å²) in [6.07, 6.45) is 0.